The molecule has 49 valence electrons. The van der Waals surface area contributed by atoms with Crippen LogP contribution >= 0.6 is 0 Å². The Hall–Kier alpha value is -1.38. The summed E-state index contributed by atoms with van der Waals surface area (Å²) in [5, 5.41) is 4.06. The van der Waals surface area contributed by atoms with E-state index in [1.54, 1.807) is 12.4 Å². The highest BCUT2D eigenvalue weighted by Crippen LogP contribution is 2.04. The molecular weight excluding hydrogens is 126 g/mol. The number of hydrogen-bond acceptors (Lipinski definition) is 2. The normalized spacial score (nSPS) is 20.8. The number of amidine groups is 1. The van der Waals surface area contributed by atoms with E-state index in [0.717, 1.165) is 11.4 Å². The van der Waals surface area contributed by atoms with Crippen LogP contribution in [0.1, 0.15) is 0 Å². The van der Waals surface area contributed by atoms with Crippen molar-refractivity contribution in [2.24, 2.45) is 9.98 Å². The largest absolute Gasteiger partial charge is 0.269 e. The molecule has 0 bridgehead atoms. The first kappa shape index (κ1) is 5.41. The lowest BCUT2D eigenvalue weighted by Gasteiger charge is -2.09. The van der Waals surface area contributed by atoms with Gasteiger partial charge in [0.05, 0.1) is 0 Å². The molecule has 2 aliphatic rings. The highest BCUT2D eigenvalue weighted by Gasteiger charge is 2.08. The molecule has 3 heteroatoms. The summed E-state index contributed by atoms with van der Waals surface area (Å²) in [5.41, 5.74) is 1.01. The van der Waals surface area contributed by atoms with E-state index in [0.29, 0.717) is 6.67 Å². The van der Waals surface area contributed by atoms with Gasteiger partial charge in [0, 0.05) is 18.0 Å². The second kappa shape index (κ2) is 2.10. The van der Waals surface area contributed by atoms with Crippen LogP contribution in [0.15, 0.2) is 33.9 Å². The van der Waals surface area contributed by atoms with Crippen molar-refractivity contribution in [2.75, 3.05) is 6.67 Å². The lowest BCUT2D eigenvalue weighted by Crippen LogP contribution is -2.19. The van der Waals surface area contributed by atoms with Gasteiger partial charge in [-0.2, -0.15) is 0 Å². The second-order valence-corrected chi connectivity index (χ2v) is 2.03. The maximum absolute atomic E-state index is 4.08. The molecule has 2 rings (SSSR count). The minimum absolute atomic E-state index is 0.518. The molecule has 0 aliphatic carbocycles. The minimum Gasteiger partial charge on any atom is -0.269 e. The predicted octanol–water partition coefficient (Wildman–Crippen LogP) is 0.485. The third kappa shape index (κ3) is 0.757. The molecule has 1 radical (unpaired) electrons. The molecular formula is C7H6N3. The molecule has 0 fully saturated rings. The van der Waals surface area contributed by atoms with Gasteiger partial charge in [-0.25, -0.2) is 10.3 Å². The average Bonchev–Trinajstić information content (AvgIpc) is 2.05. The lowest BCUT2D eigenvalue weighted by atomic mass is 10.2. The van der Waals surface area contributed by atoms with Gasteiger partial charge in [0.1, 0.15) is 6.67 Å². The van der Waals surface area contributed by atoms with Crippen molar-refractivity contribution in [3.63, 3.8) is 0 Å². The fourth-order valence-electron chi connectivity index (χ4n) is 0.889. The molecule has 3 nitrogen and oxygen atoms in total. The molecule has 0 aromatic carbocycles. The van der Waals surface area contributed by atoms with Crippen molar-refractivity contribution in [1.29, 1.82) is 0 Å². The average molecular weight is 132 g/mol. The summed E-state index contributed by atoms with van der Waals surface area (Å²) in [4.78, 5) is 8.07. The molecule has 0 aromatic rings. The predicted molar refractivity (Wildman–Crippen MR) is 40.2 cm³/mol. The van der Waals surface area contributed by atoms with Crippen molar-refractivity contribution in [3.8, 4) is 0 Å². The van der Waals surface area contributed by atoms with E-state index in [2.05, 4.69) is 15.3 Å². The third-order valence-corrected chi connectivity index (χ3v) is 1.35. The van der Waals surface area contributed by atoms with Crippen LogP contribution in [0.2, 0.25) is 0 Å². The molecule has 0 saturated carbocycles. The zero-order chi connectivity index (χ0) is 6.81. The quantitative estimate of drug-likeness (QED) is 0.460. The first-order chi connectivity index (χ1) is 4.97. The van der Waals surface area contributed by atoms with Crippen LogP contribution in [0, 0.1) is 0 Å². The van der Waals surface area contributed by atoms with Crippen LogP contribution in [0.5, 0.6) is 0 Å². The van der Waals surface area contributed by atoms with E-state index in [-0.39, 0.29) is 0 Å². The highest BCUT2D eigenvalue weighted by molar-refractivity contribution is 6.16. The molecule has 0 spiro atoms. The summed E-state index contributed by atoms with van der Waals surface area (Å²) in [7, 11) is 0. The second-order valence-electron chi connectivity index (χ2n) is 2.03. The van der Waals surface area contributed by atoms with E-state index < -0.39 is 0 Å². The van der Waals surface area contributed by atoms with Crippen LogP contribution < -0.4 is 5.32 Å². The zero-order valence-electron chi connectivity index (χ0n) is 5.36. The SMILES string of the molecule is C1=C[N]C2=NCN=CC2=C1. The summed E-state index contributed by atoms with van der Waals surface area (Å²) in [6.07, 6.45) is 7.37. The smallest absolute Gasteiger partial charge is 0.157 e. The number of allylic oxidation sites excluding steroid dienone is 2. The summed E-state index contributed by atoms with van der Waals surface area (Å²) >= 11 is 0. The summed E-state index contributed by atoms with van der Waals surface area (Å²) in [5.74, 6) is 0.803. The third-order valence-electron chi connectivity index (χ3n) is 1.35. The summed E-state index contributed by atoms with van der Waals surface area (Å²) in [6, 6.07) is 0. The lowest BCUT2D eigenvalue weighted by molar-refractivity contribution is 1.03. The van der Waals surface area contributed by atoms with Gasteiger partial charge in [0.2, 0.25) is 0 Å². The van der Waals surface area contributed by atoms with Gasteiger partial charge in [-0.3, -0.25) is 4.99 Å². The Morgan fingerprint density at radius 3 is 3.30 bits per heavy atom. The Morgan fingerprint density at radius 2 is 2.40 bits per heavy atom. The molecule has 2 heterocycles. The topological polar surface area (TPSA) is 38.8 Å². The van der Waals surface area contributed by atoms with Crippen molar-refractivity contribution in [1.82, 2.24) is 5.32 Å². The maximum Gasteiger partial charge on any atom is 0.157 e. The molecule has 0 atom stereocenters. The fourth-order valence-corrected chi connectivity index (χ4v) is 0.889. The molecule has 0 amide bonds. The van der Waals surface area contributed by atoms with Crippen LogP contribution in [0.25, 0.3) is 0 Å². The summed E-state index contributed by atoms with van der Waals surface area (Å²) in [6.45, 7) is 0.518. The van der Waals surface area contributed by atoms with E-state index in [4.69, 9.17) is 0 Å². The minimum atomic E-state index is 0.518. The first-order valence-corrected chi connectivity index (χ1v) is 3.09. The Labute approximate surface area is 58.9 Å². The van der Waals surface area contributed by atoms with E-state index in [1.807, 2.05) is 12.2 Å². The fraction of sp³-hybridized carbons (Fsp3) is 0.143. The number of rotatable bonds is 0. The van der Waals surface area contributed by atoms with Crippen molar-refractivity contribution in [3.05, 3.63) is 23.9 Å². The van der Waals surface area contributed by atoms with Crippen LogP contribution in [-0.4, -0.2) is 18.7 Å². The van der Waals surface area contributed by atoms with Gasteiger partial charge in [-0.15, -0.1) is 0 Å². The van der Waals surface area contributed by atoms with Gasteiger partial charge in [0.25, 0.3) is 0 Å². The monoisotopic (exact) mass is 132 g/mol. The maximum atomic E-state index is 4.08. The van der Waals surface area contributed by atoms with Crippen LogP contribution in [0.4, 0.5) is 0 Å². The zero-order valence-corrected chi connectivity index (χ0v) is 5.36. The summed E-state index contributed by atoms with van der Waals surface area (Å²) < 4.78 is 0. The van der Waals surface area contributed by atoms with E-state index >= 15 is 0 Å². The number of aliphatic imine (C=N–C) groups is 2. The molecule has 0 aromatic heterocycles. The Kier molecular flexibility index (Phi) is 1.13. The molecule has 0 N–H and O–H groups in total. The molecule has 0 unspecified atom stereocenters. The van der Waals surface area contributed by atoms with Gasteiger partial charge in [0.15, 0.2) is 5.84 Å². The van der Waals surface area contributed by atoms with Crippen molar-refractivity contribution in [2.45, 2.75) is 0 Å². The van der Waals surface area contributed by atoms with E-state index in [9.17, 15) is 0 Å². The van der Waals surface area contributed by atoms with E-state index in [1.165, 1.54) is 0 Å². The number of fused-ring (bicyclic) bond motifs is 1. The molecule has 10 heavy (non-hydrogen) atoms. The van der Waals surface area contributed by atoms with Gasteiger partial charge < -0.3 is 0 Å². The van der Waals surface area contributed by atoms with Gasteiger partial charge in [-0.1, -0.05) is 0 Å². The number of hydrogen-bond donors (Lipinski definition) is 0. The van der Waals surface area contributed by atoms with Crippen LogP contribution in [-0.2, 0) is 0 Å². The van der Waals surface area contributed by atoms with Gasteiger partial charge in [-0.05, 0) is 12.2 Å². The van der Waals surface area contributed by atoms with Gasteiger partial charge >= 0.3 is 0 Å². The number of nitrogens with zero attached hydrogens (tertiary/aromatic N) is 3. The standard InChI is InChI=1S/C7H6N3/c1-2-6-4-8-5-10-7(6)9-3-1/h1-4H,5H2. The molecule has 2 aliphatic heterocycles. The van der Waals surface area contributed by atoms with Crippen molar-refractivity contribution >= 4 is 12.1 Å². The van der Waals surface area contributed by atoms with Crippen molar-refractivity contribution < 1.29 is 0 Å². The Morgan fingerprint density at radius 1 is 1.40 bits per heavy atom. The Balaban J connectivity index is 2.39. The first-order valence-electron chi connectivity index (χ1n) is 3.09. The Bertz CT molecular complexity index is 258. The highest BCUT2D eigenvalue weighted by atomic mass is 15.1. The van der Waals surface area contributed by atoms with Crippen LogP contribution in [0.3, 0.4) is 0 Å². The molecule has 0 saturated heterocycles.